The SMILES string of the molecule is N/C(=N\O)c1nccnc1N1CCCC1. The van der Waals surface area contributed by atoms with Crippen molar-refractivity contribution in [2.75, 3.05) is 18.0 Å². The largest absolute Gasteiger partial charge is 0.409 e. The monoisotopic (exact) mass is 207 g/mol. The summed E-state index contributed by atoms with van der Waals surface area (Å²) < 4.78 is 0. The zero-order valence-corrected chi connectivity index (χ0v) is 8.30. The van der Waals surface area contributed by atoms with Crippen molar-refractivity contribution >= 4 is 11.7 Å². The minimum absolute atomic E-state index is 0.00463. The maximum Gasteiger partial charge on any atom is 0.192 e. The van der Waals surface area contributed by atoms with E-state index in [4.69, 9.17) is 10.9 Å². The molecule has 0 unspecified atom stereocenters. The van der Waals surface area contributed by atoms with Crippen LogP contribution in [0.5, 0.6) is 0 Å². The number of oxime groups is 1. The molecule has 1 fully saturated rings. The molecule has 1 aromatic rings. The van der Waals surface area contributed by atoms with Crippen LogP contribution in [0, 0.1) is 0 Å². The van der Waals surface area contributed by atoms with Gasteiger partial charge >= 0.3 is 0 Å². The molecule has 0 amide bonds. The number of hydrogen-bond acceptors (Lipinski definition) is 5. The lowest BCUT2D eigenvalue weighted by molar-refractivity contribution is 0.318. The molecule has 0 aliphatic carbocycles. The van der Waals surface area contributed by atoms with Crippen LogP contribution in [0.3, 0.4) is 0 Å². The number of nitrogens with zero attached hydrogens (tertiary/aromatic N) is 4. The van der Waals surface area contributed by atoms with Crippen molar-refractivity contribution in [3.63, 3.8) is 0 Å². The fourth-order valence-corrected chi connectivity index (χ4v) is 1.72. The maximum absolute atomic E-state index is 8.63. The van der Waals surface area contributed by atoms with E-state index in [0.29, 0.717) is 11.5 Å². The van der Waals surface area contributed by atoms with Crippen LogP contribution >= 0.6 is 0 Å². The van der Waals surface area contributed by atoms with Gasteiger partial charge in [-0.25, -0.2) is 9.97 Å². The summed E-state index contributed by atoms with van der Waals surface area (Å²) in [6, 6.07) is 0. The van der Waals surface area contributed by atoms with Crippen LogP contribution < -0.4 is 10.6 Å². The molecule has 1 aliphatic rings. The van der Waals surface area contributed by atoms with Gasteiger partial charge in [-0.1, -0.05) is 5.16 Å². The van der Waals surface area contributed by atoms with Crippen LogP contribution in [0.15, 0.2) is 17.5 Å². The lowest BCUT2D eigenvalue weighted by atomic mass is 10.3. The van der Waals surface area contributed by atoms with E-state index in [1.54, 1.807) is 6.20 Å². The predicted molar refractivity (Wildman–Crippen MR) is 56.0 cm³/mol. The van der Waals surface area contributed by atoms with Gasteiger partial charge in [0, 0.05) is 25.5 Å². The van der Waals surface area contributed by atoms with Crippen molar-refractivity contribution in [3.05, 3.63) is 18.1 Å². The molecule has 1 aromatic heterocycles. The Morgan fingerprint density at radius 2 is 2.00 bits per heavy atom. The summed E-state index contributed by atoms with van der Waals surface area (Å²) in [7, 11) is 0. The smallest absolute Gasteiger partial charge is 0.192 e. The number of hydrogen-bond donors (Lipinski definition) is 2. The quantitative estimate of drug-likeness (QED) is 0.312. The topological polar surface area (TPSA) is 87.6 Å². The Balaban J connectivity index is 2.37. The Hall–Kier alpha value is -1.85. The average molecular weight is 207 g/mol. The standard InChI is InChI=1S/C9H13N5O/c10-8(13-15)7-9(12-4-3-11-7)14-5-1-2-6-14/h3-4,15H,1-2,5-6H2,(H2,10,13). The third kappa shape index (κ3) is 1.83. The zero-order chi connectivity index (χ0) is 10.7. The van der Waals surface area contributed by atoms with Gasteiger partial charge in [-0.2, -0.15) is 0 Å². The Bertz CT molecular complexity index is 373. The molecule has 0 radical (unpaired) electrons. The molecule has 0 aromatic carbocycles. The summed E-state index contributed by atoms with van der Waals surface area (Å²) in [5.74, 6) is 0.704. The Morgan fingerprint density at radius 1 is 1.33 bits per heavy atom. The van der Waals surface area contributed by atoms with Gasteiger partial charge in [-0.05, 0) is 12.8 Å². The summed E-state index contributed by atoms with van der Waals surface area (Å²) in [6.07, 6.45) is 5.44. The van der Waals surface area contributed by atoms with Crippen molar-refractivity contribution in [3.8, 4) is 0 Å². The van der Waals surface area contributed by atoms with Crippen molar-refractivity contribution in [2.45, 2.75) is 12.8 Å². The van der Waals surface area contributed by atoms with Gasteiger partial charge in [0.1, 0.15) is 0 Å². The summed E-state index contributed by atoms with van der Waals surface area (Å²) >= 11 is 0. The molecular formula is C9H13N5O. The zero-order valence-electron chi connectivity index (χ0n) is 8.30. The number of amidine groups is 1. The number of nitrogens with two attached hydrogens (primary N) is 1. The first-order chi connectivity index (χ1) is 7.33. The molecule has 6 heteroatoms. The van der Waals surface area contributed by atoms with Crippen molar-refractivity contribution in [1.82, 2.24) is 9.97 Å². The summed E-state index contributed by atoms with van der Waals surface area (Å²) in [4.78, 5) is 10.4. The molecular weight excluding hydrogens is 194 g/mol. The molecule has 1 saturated heterocycles. The fraction of sp³-hybridized carbons (Fsp3) is 0.444. The molecule has 0 saturated carbocycles. The third-order valence-electron chi connectivity index (χ3n) is 2.43. The van der Waals surface area contributed by atoms with Crippen LogP contribution in [-0.4, -0.2) is 34.1 Å². The first-order valence-electron chi connectivity index (χ1n) is 4.87. The number of aromatic nitrogens is 2. The molecule has 6 nitrogen and oxygen atoms in total. The van der Waals surface area contributed by atoms with Crippen molar-refractivity contribution in [1.29, 1.82) is 0 Å². The second-order valence-corrected chi connectivity index (χ2v) is 3.41. The second kappa shape index (κ2) is 4.12. The molecule has 0 spiro atoms. The van der Waals surface area contributed by atoms with Crippen molar-refractivity contribution < 1.29 is 5.21 Å². The highest BCUT2D eigenvalue weighted by Gasteiger charge is 2.19. The molecule has 2 rings (SSSR count). The molecule has 2 heterocycles. The van der Waals surface area contributed by atoms with E-state index < -0.39 is 0 Å². The Labute approximate surface area is 87.4 Å². The van der Waals surface area contributed by atoms with Crippen LogP contribution in [0.4, 0.5) is 5.82 Å². The van der Waals surface area contributed by atoms with Crippen molar-refractivity contribution in [2.24, 2.45) is 10.9 Å². The second-order valence-electron chi connectivity index (χ2n) is 3.41. The van der Waals surface area contributed by atoms with Crippen LogP contribution in [0.2, 0.25) is 0 Å². The molecule has 0 atom stereocenters. The highest BCUT2D eigenvalue weighted by atomic mass is 16.4. The van der Waals surface area contributed by atoms with Gasteiger partial charge in [-0.15, -0.1) is 0 Å². The van der Waals surface area contributed by atoms with Gasteiger partial charge in [-0.3, -0.25) is 0 Å². The van der Waals surface area contributed by atoms with E-state index in [1.165, 1.54) is 6.20 Å². The molecule has 3 N–H and O–H groups in total. The average Bonchev–Trinajstić information content (AvgIpc) is 2.81. The van der Waals surface area contributed by atoms with Crippen LogP contribution in [-0.2, 0) is 0 Å². The third-order valence-corrected chi connectivity index (χ3v) is 2.43. The first-order valence-corrected chi connectivity index (χ1v) is 4.87. The summed E-state index contributed by atoms with van der Waals surface area (Å²) in [5.41, 5.74) is 5.98. The van der Waals surface area contributed by atoms with Gasteiger partial charge in [0.05, 0.1) is 0 Å². The lowest BCUT2D eigenvalue weighted by Gasteiger charge is -2.17. The maximum atomic E-state index is 8.63. The Morgan fingerprint density at radius 3 is 2.67 bits per heavy atom. The van der Waals surface area contributed by atoms with Gasteiger partial charge in [0.15, 0.2) is 17.3 Å². The molecule has 1 aliphatic heterocycles. The molecule has 80 valence electrons. The van der Waals surface area contributed by atoms with E-state index in [-0.39, 0.29) is 5.84 Å². The highest BCUT2D eigenvalue weighted by Crippen LogP contribution is 2.19. The van der Waals surface area contributed by atoms with Crippen LogP contribution in [0.1, 0.15) is 18.5 Å². The first kappa shape index (κ1) is 9.70. The fourth-order valence-electron chi connectivity index (χ4n) is 1.72. The lowest BCUT2D eigenvalue weighted by Crippen LogP contribution is -2.25. The Kier molecular flexibility index (Phi) is 2.66. The minimum Gasteiger partial charge on any atom is -0.409 e. The van der Waals surface area contributed by atoms with Gasteiger partial charge in [0.25, 0.3) is 0 Å². The molecule has 15 heavy (non-hydrogen) atoms. The van der Waals surface area contributed by atoms with E-state index in [9.17, 15) is 0 Å². The van der Waals surface area contributed by atoms with Crippen LogP contribution in [0.25, 0.3) is 0 Å². The number of anilines is 1. The highest BCUT2D eigenvalue weighted by molar-refractivity contribution is 5.99. The number of rotatable bonds is 2. The van der Waals surface area contributed by atoms with E-state index >= 15 is 0 Å². The van der Waals surface area contributed by atoms with Gasteiger partial charge in [0.2, 0.25) is 0 Å². The van der Waals surface area contributed by atoms with E-state index in [0.717, 1.165) is 25.9 Å². The summed E-state index contributed by atoms with van der Waals surface area (Å²) in [6.45, 7) is 1.90. The normalized spacial score (nSPS) is 17.1. The molecule has 0 bridgehead atoms. The van der Waals surface area contributed by atoms with E-state index in [2.05, 4.69) is 20.0 Å². The summed E-state index contributed by atoms with van der Waals surface area (Å²) in [5, 5.41) is 11.6. The minimum atomic E-state index is 0.00463. The predicted octanol–water partition coefficient (Wildman–Crippen LogP) is 0.171. The van der Waals surface area contributed by atoms with E-state index in [1.807, 2.05) is 0 Å². The van der Waals surface area contributed by atoms with Gasteiger partial charge < -0.3 is 15.8 Å².